The highest BCUT2D eigenvalue weighted by Crippen LogP contribution is 2.35. The second kappa shape index (κ2) is 11.6. The maximum absolute atomic E-state index is 14.2. The largest absolute Gasteiger partial charge is 0.378 e. The molecule has 2 aromatic carbocycles. The van der Waals surface area contributed by atoms with Crippen LogP contribution in [0.2, 0.25) is 5.02 Å². The van der Waals surface area contributed by atoms with Crippen molar-refractivity contribution in [2.75, 3.05) is 55.1 Å². The molecule has 0 aliphatic carbocycles. The van der Waals surface area contributed by atoms with Gasteiger partial charge in [-0.2, -0.15) is 4.31 Å². The lowest BCUT2D eigenvalue weighted by Gasteiger charge is -2.33. The van der Waals surface area contributed by atoms with E-state index in [2.05, 4.69) is 20.1 Å². The van der Waals surface area contributed by atoms with Crippen LogP contribution in [0.3, 0.4) is 0 Å². The van der Waals surface area contributed by atoms with Crippen molar-refractivity contribution in [2.24, 2.45) is 0 Å². The molecule has 2 aliphatic heterocycles. The fraction of sp³-hybridized carbons (Fsp3) is 0.444. The summed E-state index contributed by atoms with van der Waals surface area (Å²) in [6.07, 6.45) is 1.99. The first-order valence-electron chi connectivity index (χ1n) is 13.2. The minimum absolute atomic E-state index is 0.0332. The zero-order chi connectivity index (χ0) is 28.5. The summed E-state index contributed by atoms with van der Waals surface area (Å²) in [5.41, 5.74) is 1.38. The van der Waals surface area contributed by atoms with E-state index in [9.17, 15) is 18.0 Å². The molecular formula is C27H32ClN5O5S2. The van der Waals surface area contributed by atoms with Gasteiger partial charge in [-0.15, -0.1) is 0 Å². The number of carbonyl (C=O) groups is 2. The Bertz CT molecular complexity index is 1480. The van der Waals surface area contributed by atoms with Crippen LogP contribution in [-0.4, -0.2) is 80.9 Å². The number of thiazole rings is 1. The van der Waals surface area contributed by atoms with Crippen molar-refractivity contribution in [2.45, 2.75) is 31.4 Å². The first-order valence-corrected chi connectivity index (χ1v) is 15.8. The van der Waals surface area contributed by atoms with E-state index in [0.29, 0.717) is 36.1 Å². The lowest BCUT2D eigenvalue weighted by atomic mass is 10.1. The van der Waals surface area contributed by atoms with E-state index in [1.807, 2.05) is 6.07 Å². The van der Waals surface area contributed by atoms with Gasteiger partial charge in [0.05, 0.1) is 38.8 Å². The molecule has 3 aromatic rings. The third-order valence-corrected chi connectivity index (χ3v) is 11.0. The summed E-state index contributed by atoms with van der Waals surface area (Å²) in [5.74, 6) is -0.802. The highest BCUT2D eigenvalue weighted by molar-refractivity contribution is 7.95. The number of para-hydroxylation sites is 1. The molecule has 3 amide bonds. The van der Waals surface area contributed by atoms with Gasteiger partial charge in [-0.1, -0.05) is 35.1 Å². The number of carbonyl (C=O) groups excluding carboxylic acids is 2. The zero-order valence-electron chi connectivity index (χ0n) is 22.4. The van der Waals surface area contributed by atoms with Gasteiger partial charge in [-0.05, 0) is 70.1 Å². The Kier molecular flexibility index (Phi) is 8.35. The summed E-state index contributed by atoms with van der Waals surface area (Å²) >= 11 is 7.43. The minimum atomic E-state index is -4.33. The molecule has 1 N–H and O–H groups in total. The SMILES string of the molecule is CC(C)(CN1CCCC1)S(=O)(=O)N(C(=O)NC(=O)c1cc(N2CCOCC2)ccc1Cl)c1nc2ccccc2s1. The Morgan fingerprint density at radius 2 is 1.80 bits per heavy atom. The summed E-state index contributed by atoms with van der Waals surface area (Å²) in [5, 5.41) is 2.39. The molecule has 1 aromatic heterocycles. The van der Waals surface area contributed by atoms with E-state index in [1.54, 1.807) is 50.2 Å². The van der Waals surface area contributed by atoms with Gasteiger partial charge in [0.1, 0.15) is 0 Å². The first kappa shape index (κ1) is 28.7. The number of urea groups is 1. The minimum Gasteiger partial charge on any atom is -0.378 e. The number of ether oxygens (including phenoxy) is 1. The van der Waals surface area contributed by atoms with E-state index < -0.39 is 26.7 Å². The number of amides is 3. The van der Waals surface area contributed by atoms with Crippen molar-refractivity contribution >= 4 is 65.9 Å². The van der Waals surface area contributed by atoms with E-state index in [-0.39, 0.29) is 22.3 Å². The highest BCUT2D eigenvalue weighted by Gasteiger charge is 2.46. The van der Waals surface area contributed by atoms with Crippen LogP contribution in [0.1, 0.15) is 37.0 Å². The Morgan fingerprint density at radius 3 is 2.50 bits per heavy atom. The van der Waals surface area contributed by atoms with Gasteiger partial charge in [-0.3, -0.25) is 10.1 Å². The Hall–Kier alpha value is -2.77. The third kappa shape index (κ3) is 5.82. The van der Waals surface area contributed by atoms with Crippen molar-refractivity contribution in [3.8, 4) is 0 Å². The Labute approximate surface area is 242 Å². The smallest absolute Gasteiger partial charge is 0.344 e. The molecule has 3 heterocycles. The number of rotatable bonds is 7. The second-order valence-electron chi connectivity index (χ2n) is 10.5. The summed E-state index contributed by atoms with van der Waals surface area (Å²) in [7, 11) is -4.33. The van der Waals surface area contributed by atoms with Gasteiger partial charge in [0, 0.05) is 25.3 Å². The highest BCUT2D eigenvalue weighted by atomic mass is 35.5. The number of aromatic nitrogens is 1. The summed E-state index contributed by atoms with van der Waals surface area (Å²) < 4.78 is 33.7. The van der Waals surface area contributed by atoms with E-state index in [0.717, 1.165) is 47.7 Å². The number of benzene rings is 2. The summed E-state index contributed by atoms with van der Waals surface area (Å²) in [6.45, 7) is 7.44. The van der Waals surface area contributed by atoms with Crippen LogP contribution >= 0.6 is 22.9 Å². The molecule has 0 radical (unpaired) electrons. The zero-order valence-corrected chi connectivity index (χ0v) is 24.8. The van der Waals surface area contributed by atoms with Gasteiger partial charge in [0.25, 0.3) is 15.9 Å². The van der Waals surface area contributed by atoms with Crippen molar-refractivity contribution < 1.29 is 22.7 Å². The van der Waals surface area contributed by atoms with Gasteiger partial charge in [-0.25, -0.2) is 18.2 Å². The summed E-state index contributed by atoms with van der Waals surface area (Å²) in [6, 6.07) is 11.0. The molecule has 2 fully saturated rings. The lowest BCUT2D eigenvalue weighted by molar-refractivity contribution is 0.0966. The van der Waals surface area contributed by atoms with Gasteiger partial charge >= 0.3 is 6.03 Å². The fourth-order valence-corrected chi connectivity index (χ4v) is 7.81. The van der Waals surface area contributed by atoms with Crippen LogP contribution < -0.4 is 14.5 Å². The van der Waals surface area contributed by atoms with Gasteiger partial charge < -0.3 is 14.5 Å². The van der Waals surface area contributed by atoms with E-state index >= 15 is 0 Å². The molecule has 5 rings (SSSR count). The van der Waals surface area contributed by atoms with Crippen LogP contribution in [-0.2, 0) is 14.8 Å². The molecule has 0 bridgehead atoms. The molecule has 40 heavy (non-hydrogen) atoms. The molecule has 214 valence electrons. The standard InChI is InChI=1S/C27H32ClN5O5S2/c1-27(2,18-31-11-5-6-12-31)40(36,37)33(26-29-22-7-3-4-8-23(22)39-26)25(35)30-24(34)20-17-19(9-10-21(20)28)32-13-15-38-16-14-32/h3-4,7-10,17H,5-6,11-16,18H2,1-2H3,(H,30,34,35). The van der Waals surface area contributed by atoms with Crippen molar-refractivity contribution in [1.29, 1.82) is 0 Å². The normalized spacial score (nSPS) is 16.8. The lowest BCUT2D eigenvalue weighted by Crippen LogP contribution is -2.55. The van der Waals surface area contributed by atoms with Crippen LogP contribution in [0.4, 0.5) is 15.6 Å². The molecule has 0 atom stereocenters. The monoisotopic (exact) mass is 605 g/mol. The Balaban J connectivity index is 1.47. The van der Waals surface area contributed by atoms with E-state index in [1.165, 1.54) is 0 Å². The van der Waals surface area contributed by atoms with Crippen LogP contribution in [0.25, 0.3) is 10.2 Å². The number of fused-ring (bicyclic) bond motifs is 1. The van der Waals surface area contributed by atoms with Crippen molar-refractivity contribution in [3.63, 3.8) is 0 Å². The molecule has 2 saturated heterocycles. The number of hydrogen-bond donors (Lipinski definition) is 1. The second-order valence-corrected chi connectivity index (χ2v) is 14.3. The fourth-order valence-electron chi connectivity index (χ4n) is 4.97. The number of hydrogen-bond acceptors (Lipinski definition) is 9. The predicted molar refractivity (Wildman–Crippen MR) is 158 cm³/mol. The van der Waals surface area contributed by atoms with Crippen LogP contribution in [0.5, 0.6) is 0 Å². The van der Waals surface area contributed by atoms with E-state index in [4.69, 9.17) is 16.3 Å². The van der Waals surface area contributed by atoms with Crippen molar-refractivity contribution in [3.05, 3.63) is 53.1 Å². The van der Waals surface area contributed by atoms with Crippen LogP contribution in [0.15, 0.2) is 42.5 Å². The average Bonchev–Trinajstić information content (AvgIpc) is 3.58. The molecule has 0 saturated carbocycles. The first-order chi connectivity index (χ1) is 19.1. The van der Waals surface area contributed by atoms with Gasteiger partial charge in [0.15, 0.2) is 0 Å². The van der Waals surface area contributed by atoms with Crippen molar-refractivity contribution in [1.82, 2.24) is 15.2 Å². The molecule has 2 aliphatic rings. The third-order valence-electron chi connectivity index (χ3n) is 7.17. The predicted octanol–water partition coefficient (Wildman–Crippen LogP) is 4.35. The molecular weight excluding hydrogens is 574 g/mol. The number of anilines is 2. The average molecular weight is 606 g/mol. The maximum Gasteiger partial charge on any atom is 0.344 e. The number of nitrogens with zero attached hydrogens (tertiary/aromatic N) is 4. The molecule has 13 heteroatoms. The van der Waals surface area contributed by atoms with Crippen LogP contribution in [0, 0.1) is 0 Å². The number of sulfonamides is 1. The maximum atomic E-state index is 14.2. The Morgan fingerprint density at radius 1 is 1.10 bits per heavy atom. The molecule has 0 spiro atoms. The van der Waals surface area contributed by atoms with Gasteiger partial charge in [0.2, 0.25) is 5.13 Å². The number of nitrogens with one attached hydrogen (secondary N) is 1. The number of morpholine rings is 1. The molecule has 0 unspecified atom stereocenters. The topological polar surface area (TPSA) is 112 Å². The quantitative estimate of drug-likeness (QED) is 0.423. The number of likely N-dealkylation sites (tertiary alicyclic amines) is 1. The number of imide groups is 1. The molecule has 10 nitrogen and oxygen atoms in total. The number of halogens is 1. The summed E-state index contributed by atoms with van der Waals surface area (Å²) in [4.78, 5) is 35.7.